The molecule has 52 heavy (non-hydrogen) atoms. The molecule has 0 bridgehead atoms. The van der Waals surface area contributed by atoms with Gasteiger partial charge >= 0.3 is 6.03 Å². The first-order valence-corrected chi connectivity index (χ1v) is 18.0. The summed E-state index contributed by atoms with van der Waals surface area (Å²) in [5.74, 6) is 1.58. The van der Waals surface area contributed by atoms with Crippen LogP contribution in [0.3, 0.4) is 0 Å². The maximum Gasteiger partial charge on any atom is 0.321 e. The van der Waals surface area contributed by atoms with Gasteiger partial charge in [0.2, 0.25) is 5.82 Å². The molecular formula is C38H45N9O5. The minimum absolute atomic E-state index is 0.0577. The minimum atomic E-state index is -1.49. The van der Waals surface area contributed by atoms with E-state index in [0.29, 0.717) is 55.5 Å². The Morgan fingerprint density at radius 2 is 1.85 bits per heavy atom. The molecule has 3 N–H and O–H groups in total. The molecule has 3 aromatic heterocycles. The van der Waals surface area contributed by atoms with Crippen molar-refractivity contribution in [2.75, 3.05) is 44.7 Å². The maximum absolute atomic E-state index is 13.6. The summed E-state index contributed by atoms with van der Waals surface area (Å²) in [6.07, 6.45) is 10.1. The third-order valence-corrected chi connectivity index (χ3v) is 9.89. The van der Waals surface area contributed by atoms with Crippen LogP contribution in [0.25, 0.3) is 5.65 Å². The number of hydrogen-bond acceptors (Lipinski definition) is 10. The summed E-state index contributed by atoms with van der Waals surface area (Å²) in [4.78, 5) is 50.8. The van der Waals surface area contributed by atoms with Gasteiger partial charge in [-0.1, -0.05) is 57.9 Å². The quantitative estimate of drug-likeness (QED) is 0.159. The van der Waals surface area contributed by atoms with Crippen LogP contribution in [0.15, 0.2) is 60.8 Å². The molecule has 1 aliphatic heterocycles. The Kier molecular flexibility index (Phi) is 10.0. The number of urea groups is 1. The van der Waals surface area contributed by atoms with Crippen molar-refractivity contribution in [1.29, 1.82) is 0 Å². The van der Waals surface area contributed by atoms with Crippen LogP contribution in [0, 0.1) is 0 Å². The van der Waals surface area contributed by atoms with Gasteiger partial charge in [0.1, 0.15) is 29.0 Å². The van der Waals surface area contributed by atoms with Crippen LogP contribution in [0.2, 0.25) is 0 Å². The highest BCUT2D eigenvalue weighted by Gasteiger charge is 2.38. The predicted octanol–water partition coefficient (Wildman–Crippen LogP) is 4.44. The number of carbonyl (C=O) groups is 3. The highest BCUT2D eigenvalue weighted by atomic mass is 16.5. The molecule has 0 unspecified atom stereocenters. The lowest BCUT2D eigenvalue weighted by Gasteiger charge is -2.34. The van der Waals surface area contributed by atoms with Gasteiger partial charge in [-0.3, -0.25) is 24.2 Å². The molecule has 4 heterocycles. The number of amides is 3. The van der Waals surface area contributed by atoms with Gasteiger partial charge < -0.3 is 20.1 Å². The zero-order valence-electron chi connectivity index (χ0n) is 29.8. The zero-order chi connectivity index (χ0) is 36.3. The average molecular weight is 708 g/mol. The second kappa shape index (κ2) is 14.8. The summed E-state index contributed by atoms with van der Waals surface area (Å²) in [6, 6.07) is 12.1. The van der Waals surface area contributed by atoms with E-state index in [2.05, 4.69) is 41.0 Å². The molecule has 4 aromatic rings. The first kappa shape index (κ1) is 35.2. The number of nitrogens with zero attached hydrogens (tertiary/aromatic N) is 6. The number of carbonyl (C=O) groups excluding carboxylic acids is 3. The molecule has 272 valence electrons. The van der Waals surface area contributed by atoms with Crippen LogP contribution in [0.5, 0.6) is 5.75 Å². The van der Waals surface area contributed by atoms with Gasteiger partial charge in [0.25, 0.3) is 5.91 Å². The van der Waals surface area contributed by atoms with Gasteiger partial charge in [-0.25, -0.2) is 14.8 Å². The summed E-state index contributed by atoms with van der Waals surface area (Å²) < 4.78 is 13.9. The highest BCUT2D eigenvalue weighted by molar-refractivity contribution is 5.94. The number of hydrogen-bond donors (Lipinski definition) is 3. The van der Waals surface area contributed by atoms with Gasteiger partial charge in [0, 0.05) is 49.1 Å². The number of nitrogens with one attached hydrogen (secondary N) is 3. The van der Waals surface area contributed by atoms with E-state index in [1.54, 1.807) is 24.3 Å². The molecule has 3 amide bonds. The standard InChI is InChI=1S/C38H45N9O5/c1-37(2,3)30-22-31(41-33(40-30)35(49)39-16-17-46-18-20-51-21-19-46)42-36(50)43-38(24-48)15-14-29(27-10-6-7-11-28(27)38)52-26-12-13-32-44-45-34(47(32)23-26)25-8-4-5-9-25/h6-7,10-15,22-25,29H,4-5,8-9,16-21H2,1-3H3,(H,39,49)(H2,40,41,42,43,50)/t29-,38-/m1/s1. The van der Waals surface area contributed by atoms with Crippen LogP contribution in [0.1, 0.15) is 91.7 Å². The third-order valence-electron chi connectivity index (χ3n) is 9.89. The molecule has 0 spiro atoms. The summed E-state index contributed by atoms with van der Waals surface area (Å²) in [6.45, 7) is 9.94. The molecule has 1 aromatic carbocycles. The van der Waals surface area contributed by atoms with E-state index >= 15 is 0 Å². The predicted molar refractivity (Wildman–Crippen MR) is 193 cm³/mol. The lowest BCUT2D eigenvalue weighted by atomic mass is 9.81. The van der Waals surface area contributed by atoms with Gasteiger partial charge in [-0.2, -0.15) is 0 Å². The Morgan fingerprint density at radius 3 is 2.62 bits per heavy atom. The zero-order valence-corrected chi connectivity index (χ0v) is 29.8. The summed E-state index contributed by atoms with van der Waals surface area (Å²) >= 11 is 0. The molecular weight excluding hydrogens is 662 g/mol. The van der Waals surface area contributed by atoms with Crippen LogP contribution < -0.4 is 20.7 Å². The lowest BCUT2D eigenvalue weighted by molar-refractivity contribution is -0.111. The monoisotopic (exact) mass is 707 g/mol. The average Bonchev–Trinajstić information content (AvgIpc) is 3.83. The molecule has 2 fully saturated rings. The first-order chi connectivity index (χ1) is 25.1. The SMILES string of the molecule is CC(C)(C)c1cc(NC(=O)N[C@@]2(C=O)C=C[C@@H](Oc3ccc4nnc(C5CCCC5)n4c3)c3ccccc32)nc(C(=O)NCCN2CCOCC2)n1. The summed E-state index contributed by atoms with van der Waals surface area (Å²) in [5, 5.41) is 17.3. The molecule has 1 saturated carbocycles. The van der Waals surface area contributed by atoms with E-state index < -0.39 is 29.0 Å². The number of benzene rings is 1. The van der Waals surface area contributed by atoms with Crippen LogP contribution in [-0.4, -0.2) is 87.1 Å². The van der Waals surface area contributed by atoms with Crippen molar-refractivity contribution in [3.8, 4) is 5.75 Å². The fourth-order valence-electron chi connectivity index (χ4n) is 7.03. The Hall–Kier alpha value is -5.21. The van der Waals surface area contributed by atoms with E-state index in [9.17, 15) is 14.4 Å². The molecule has 0 radical (unpaired) electrons. The fraction of sp³-hybridized carbons (Fsp3) is 0.447. The van der Waals surface area contributed by atoms with Crippen LogP contribution >= 0.6 is 0 Å². The third kappa shape index (κ3) is 7.53. The molecule has 14 heteroatoms. The van der Waals surface area contributed by atoms with Gasteiger partial charge in [-0.15, -0.1) is 10.2 Å². The Labute approximate surface area is 302 Å². The number of ether oxygens (including phenoxy) is 2. The van der Waals surface area contributed by atoms with E-state index in [1.807, 2.05) is 61.7 Å². The smallest absolute Gasteiger partial charge is 0.321 e. The topological polar surface area (TPSA) is 165 Å². The number of morpholine rings is 1. The molecule has 3 aliphatic rings. The lowest BCUT2D eigenvalue weighted by Crippen LogP contribution is -2.49. The van der Waals surface area contributed by atoms with Crippen LogP contribution in [-0.2, 0) is 20.5 Å². The Balaban J connectivity index is 1.08. The highest BCUT2D eigenvalue weighted by Crippen LogP contribution is 2.38. The number of aromatic nitrogens is 5. The number of anilines is 1. The van der Waals surface area contributed by atoms with Crippen molar-refractivity contribution in [3.05, 3.63) is 89.3 Å². The normalized spacial score (nSPS) is 20.7. The van der Waals surface area contributed by atoms with Crippen molar-refractivity contribution < 1.29 is 23.9 Å². The minimum Gasteiger partial charge on any atom is -0.480 e. The van der Waals surface area contributed by atoms with E-state index in [4.69, 9.17) is 9.47 Å². The first-order valence-electron chi connectivity index (χ1n) is 18.0. The molecule has 2 aliphatic carbocycles. The molecule has 2 atom stereocenters. The molecule has 7 rings (SSSR count). The molecule has 14 nitrogen and oxygen atoms in total. The largest absolute Gasteiger partial charge is 0.480 e. The number of rotatable bonds is 10. The Bertz CT molecular complexity index is 1980. The number of fused-ring (bicyclic) bond motifs is 2. The Morgan fingerprint density at radius 1 is 1.06 bits per heavy atom. The fourth-order valence-corrected chi connectivity index (χ4v) is 7.03. The van der Waals surface area contributed by atoms with Crippen molar-refractivity contribution in [1.82, 2.24) is 40.1 Å². The van der Waals surface area contributed by atoms with Crippen molar-refractivity contribution in [2.24, 2.45) is 0 Å². The van der Waals surface area contributed by atoms with Gasteiger partial charge in [-0.05, 0) is 42.7 Å². The summed E-state index contributed by atoms with van der Waals surface area (Å²) in [5.41, 5.74) is 0.699. The van der Waals surface area contributed by atoms with Crippen LogP contribution in [0.4, 0.5) is 10.6 Å². The second-order valence-electron chi connectivity index (χ2n) is 14.6. The maximum atomic E-state index is 13.6. The van der Waals surface area contributed by atoms with Gasteiger partial charge in [0.15, 0.2) is 11.9 Å². The molecule has 1 saturated heterocycles. The van der Waals surface area contributed by atoms with Crippen molar-refractivity contribution in [3.63, 3.8) is 0 Å². The number of aldehydes is 1. The van der Waals surface area contributed by atoms with Gasteiger partial charge in [0.05, 0.1) is 25.1 Å². The summed E-state index contributed by atoms with van der Waals surface area (Å²) in [7, 11) is 0. The van der Waals surface area contributed by atoms with E-state index in [1.165, 1.54) is 12.8 Å². The van der Waals surface area contributed by atoms with Crippen molar-refractivity contribution >= 4 is 29.7 Å². The van der Waals surface area contributed by atoms with Crippen molar-refractivity contribution in [2.45, 2.75) is 69.4 Å². The number of pyridine rings is 1. The second-order valence-corrected chi connectivity index (χ2v) is 14.6. The van der Waals surface area contributed by atoms with E-state index in [0.717, 1.165) is 43.0 Å². The van der Waals surface area contributed by atoms with E-state index in [-0.39, 0.29) is 11.6 Å².